The van der Waals surface area contributed by atoms with Crippen molar-refractivity contribution in [1.29, 1.82) is 0 Å². The van der Waals surface area contributed by atoms with Crippen LogP contribution in [-0.2, 0) is 0 Å². The Bertz CT molecular complexity index is 615. The quantitative estimate of drug-likeness (QED) is 0.497. The van der Waals surface area contributed by atoms with Crippen LogP contribution < -0.4 is 15.9 Å². The van der Waals surface area contributed by atoms with Crippen molar-refractivity contribution in [2.45, 2.75) is 0 Å². The summed E-state index contributed by atoms with van der Waals surface area (Å²) in [5.41, 5.74) is 9.20. The largest absolute Gasteiger partial charge is 0.481 e. The fraction of sp³-hybridized carbons (Fsp3) is 0.0769. The van der Waals surface area contributed by atoms with E-state index < -0.39 is 0 Å². The number of ether oxygens (including phenoxy) is 1. The molecule has 0 amide bonds. The van der Waals surface area contributed by atoms with Crippen molar-refractivity contribution in [2.24, 2.45) is 5.10 Å². The topological polar surface area (TPSA) is 72.5 Å². The predicted octanol–water partition coefficient (Wildman–Crippen LogP) is 2.18. The van der Waals surface area contributed by atoms with Gasteiger partial charge in [-0.15, -0.1) is 17.8 Å². The molecule has 1 aromatic heterocycles. The minimum Gasteiger partial charge on any atom is -0.481 e. The first kappa shape index (κ1) is 12.9. The molecule has 5 nitrogen and oxygen atoms in total. The van der Waals surface area contributed by atoms with Gasteiger partial charge < -0.3 is 10.5 Å². The highest BCUT2D eigenvalue weighted by molar-refractivity contribution is 7.14. The van der Waals surface area contributed by atoms with Crippen LogP contribution in [0.4, 0.5) is 10.9 Å². The first-order chi connectivity index (χ1) is 9.28. The standard InChI is InChI=1S/C13H12N4OS/c1-2-6-18-11-5-3-4-10(7-11)8-15-17-13-16-12(14)9-19-13/h1,3-5,7-9H,6,14H2,(H,16,17). The summed E-state index contributed by atoms with van der Waals surface area (Å²) >= 11 is 1.39. The van der Waals surface area contributed by atoms with E-state index in [2.05, 4.69) is 21.4 Å². The Kier molecular flexibility index (Phi) is 4.37. The number of anilines is 2. The highest BCUT2D eigenvalue weighted by Gasteiger charge is 1.96. The van der Waals surface area contributed by atoms with E-state index in [1.807, 2.05) is 24.3 Å². The smallest absolute Gasteiger partial charge is 0.205 e. The molecule has 96 valence electrons. The Balaban J connectivity index is 1.96. The third-order valence-electron chi connectivity index (χ3n) is 2.08. The van der Waals surface area contributed by atoms with Crippen molar-refractivity contribution < 1.29 is 4.74 Å². The van der Waals surface area contributed by atoms with E-state index in [4.69, 9.17) is 16.9 Å². The van der Waals surface area contributed by atoms with Gasteiger partial charge >= 0.3 is 0 Å². The zero-order valence-electron chi connectivity index (χ0n) is 10.0. The van der Waals surface area contributed by atoms with Gasteiger partial charge in [0.15, 0.2) is 0 Å². The molecule has 0 aliphatic carbocycles. The summed E-state index contributed by atoms with van der Waals surface area (Å²) in [6, 6.07) is 7.46. The van der Waals surface area contributed by atoms with Crippen molar-refractivity contribution in [3.63, 3.8) is 0 Å². The second kappa shape index (κ2) is 6.42. The van der Waals surface area contributed by atoms with Crippen LogP contribution in [0.2, 0.25) is 0 Å². The van der Waals surface area contributed by atoms with Crippen LogP contribution in [-0.4, -0.2) is 17.8 Å². The molecule has 6 heteroatoms. The maximum absolute atomic E-state index is 5.50. The number of hydrogen-bond donors (Lipinski definition) is 2. The minimum absolute atomic E-state index is 0.247. The maximum Gasteiger partial charge on any atom is 0.205 e. The number of terminal acetylenes is 1. The van der Waals surface area contributed by atoms with E-state index in [9.17, 15) is 0 Å². The number of hydrogen-bond acceptors (Lipinski definition) is 6. The van der Waals surface area contributed by atoms with Crippen LogP contribution >= 0.6 is 11.3 Å². The van der Waals surface area contributed by atoms with Gasteiger partial charge in [0.1, 0.15) is 18.2 Å². The molecule has 0 unspecified atom stereocenters. The van der Waals surface area contributed by atoms with Crippen molar-refractivity contribution in [1.82, 2.24) is 4.98 Å². The van der Waals surface area contributed by atoms with E-state index in [-0.39, 0.29) is 6.61 Å². The summed E-state index contributed by atoms with van der Waals surface area (Å²) in [6.07, 6.45) is 6.80. The molecule has 19 heavy (non-hydrogen) atoms. The van der Waals surface area contributed by atoms with Crippen molar-refractivity contribution in [2.75, 3.05) is 17.8 Å². The van der Waals surface area contributed by atoms with E-state index >= 15 is 0 Å². The van der Waals surface area contributed by atoms with Gasteiger partial charge in [-0.1, -0.05) is 18.1 Å². The molecule has 0 spiro atoms. The normalized spacial score (nSPS) is 10.3. The summed E-state index contributed by atoms with van der Waals surface area (Å²) in [7, 11) is 0. The SMILES string of the molecule is C#CCOc1cccc(C=NNc2nc(N)cs2)c1. The number of benzene rings is 1. The molecule has 0 aliphatic rings. The molecule has 0 atom stereocenters. The molecular formula is C13H12N4OS. The highest BCUT2D eigenvalue weighted by Crippen LogP contribution is 2.16. The van der Waals surface area contributed by atoms with Gasteiger partial charge in [-0.2, -0.15) is 5.10 Å². The molecule has 3 N–H and O–H groups in total. The van der Waals surface area contributed by atoms with Gasteiger partial charge in [-0.05, 0) is 17.7 Å². The average molecular weight is 272 g/mol. The summed E-state index contributed by atoms with van der Waals surface area (Å²) in [4.78, 5) is 4.02. The Hall–Kier alpha value is -2.52. The van der Waals surface area contributed by atoms with Gasteiger partial charge in [-0.3, -0.25) is 5.43 Å². The molecule has 0 saturated heterocycles. The summed E-state index contributed by atoms with van der Waals surface area (Å²) in [5, 5.41) is 6.46. The van der Waals surface area contributed by atoms with Crippen LogP contribution in [0.25, 0.3) is 0 Å². The summed E-state index contributed by atoms with van der Waals surface area (Å²) in [5.74, 6) is 3.60. The van der Waals surface area contributed by atoms with Crippen LogP contribution in [0.3, 0.4) is 0 Å². The maximum atomic E-state index is 5.50. The van der Waals surface area contributed by atoms with Crippen LogP contribution in [0, 0.1) is 12.3 Å². The lowest BCUT2D eigenvalue weighted by Crippen LogP contribution is -1.95. The molecule has 0 radical (unpaired) electrons. The zero-order chi connectivity index (χ0) is 13.5. The van der Waals surface area contributed by atoms with Crippen molar-refractivity contribution >= 4 is 28.5 Å². The van der Waals surface area contributed by atoms with Crippen molar-refractivity contribution in [3.05, 3.63) is 35.2 Å². The number of nitrogens with one attached hydrogen (secondary N) is 1. The molecular weight excluding hydrogens is 260 g/mol. The molecule has 1 aromatic carbocycles. The first-order valence-electron chi connectivity index (χ1n) is 5.44. The van der Waals surface area contributed by atoms with Gasteiger partial charge in [0.2, 0.25) is 5.13 Å². The van der Waals surface area contributed by atoms with Crippen LogP contribution in [0.1, 0.15) is 5.56 Å². The lowest BCUT2D eigenvalue weighted by Gasteiger charge is -2.02. The van der Waals surface area contributed by atoms with Gasteiger partial charge in [0, 0.05) is 5.38 Å². The molecule has 0 bridgehead atoms. The number of nitrogen functional groups attached to an aromatic ring is 1. The Morgan fingerprint density at radius 2 is 2.47 bits per heavy atom. The second-order valence-electron chi connectivity index (χ2n) is 3.51. The lowest BCUT2D eigenvalue weighted by molar-refractivity contribution is 0.370. The fourth-order valence-electron chi connectivity index (χ4n) is 1.31. The molecule has 0 aliphatic heterocycles. The zero-order valence-corrected chi connectivity index (χ0v) is 10.9. The van der Waals surface area contributed by atoms with Crippen LogP contribution in [0.15, 0.2) is 34.7 Å². The number of aromatic nitrogens is 1. The molecule has 0 fully saturated rings. The number of nitrogens with zero attached hydrogens (tertiary/aromatic N) is 2. The summed E-state index contributed by atoms with van der Waals surface area (Å²) in [6.45, 7) is 0.247. The fourth-order valence-corrected chi connectivity index (χ4v) is 1.86. The summed E-state index contributed by atoms with van der Waals surface area (Å²) < 4.78 is 5.32. The van der Waals surface area contributed by atoms with Gasteiger partial charge in [0.25, 0.3) is 0 Å². The molecule has 2 rings (SSSR count). The van der Waals surface area contributed by atoms with Gasteiger partial charge in [0.05, 0.1) is 6.21 Å². The van der Waals surface area contributed by atoms with E-state index in [1.54, 1.807) is 11.6 Å². The Morgan fingerprint density at radius 3 is 3.21 bits per heavy atom. The van der Waals surface area contributed by atoms with E-state index in [0.717, 1.165) is 5.56 Å². The number of hydrazone groups is 1. The number of rotatable bonds is 5. The van der Waals surface area contributed by atoms with Crippen molar-refractivity contribution in [3.8, 4) is 18.1 Å². The Labute approximate surface area is 115 Å². The second-order valence-corrected chi connectivity index (χ2v) is 4.37. The Morgan fingerprint density at radius 1 is 1.58 bits per heavy atom. The molecule has 0 saturated carbocycles. The lowest BCUT2D eigenvalue weighted by atomic mass is 10.2. The molecule has 2 aromatic rings. The first-order valence-corrected chi connectivity index (χ1v) is 6.32. The monoisotopic (exact) mass is 272 g/mol. The minimum atomic E-state index is 0.247. The van der Waals surface area contributed by atoms with E-state index in [0.29, 0.717) is 16.7 Å². The third kappa shape index (κ3) is 4.01. The number of nitrogens with two attached hydrogens (primary N) is 1. The average Bonchev–Trinajstić information content (AvgIpc) is 2.83. The third-order valence-corrected chi connectivity index (χ3v) is 2.84. The predicted molar refractivity (Wildman–Crippen MR) is 78.5 cm³/mol. The molecule has 1 heterocycles. The number of thiazole rings is 1. The highest BCUT2D eigenvalue weighted by atomic mass is 32.1. The van der Waals surface area contributed by atoms with Gasteiger partial charge in [-0.25, -0.2) is 4.98 Å². The van der Waals surface area contributed by atoms with Crippen LogP contribution in [0.5, 0.6) is 5.75 Å². The van der Waals surface area contributed by atoms with E-state index in [1.165, 1.54) is 11.3 Å².